The number of carbonyl (C=O) groups is 2. The van der Waals surface area contributed by atoms with Crippen molar-refractivity contribution in [2.24, 2.45) is 0 Å². The first kappa shape index (κ1) is 23.8. The molecule has 0 aliphatic carbocycles. The molecular weight excluding hydrogens is 454 g/mol. The van der Waals surface area contributed by atoms with E-state index in [0.717, 1.165) is 63.7 Å². The van der Waals surface area contributed by atoms with Gasteiger partial charge in [-0.3, -0.25) is 9.59 Å². The molecule has 0 radical (unpaired) electrons. The number of rotatable bonds is 6. The molecule has 2 aliphatic heterocycles. The SMILES string of the molecule is O=C(Nc1ccc(N2CCNCC2)cc1)c1cccc(C(=O)Nc2ccc(N3CCNCC3)cc2)n1. The van der Waals surface area contributed by atoms with Crippen LogP contribution in [0.1, 0.15) is 21.0 Å². The Hall–Kier alpha value is -3.95. The minimum Gasteiger partial charge on any atom is -0.369 e. The fourth-order valence-corrected chi connectivity index (χ4v) is 4.44. The van der Waals surface area contributed by atoms with E-state index in [0.29, 0.717) is 11.4 Å². The standard InChI is InChI=1S/C27H31N7O2/c35-26(30-20-4-8-22(9-5-20)33-16-12-28-13-17-33)24-2-1-3-25(32-24)27(36)31-21-6-10-23(11-7-21)34-18-14-29-15-19-34/h1-11,28-29H,12-19H2,(H,30,35)(H,31,36). The summed E-state index contributed by atoms with van der Waals surface area (Å²) in [6.07, 6.45) is 0. The van der Waals surface area contributed by atoms with E-state index in [1.54, 1.807) is 18.2 Å². The van der Waals surface area contributed by atoms with Gasteiger partial charge in [-0.05, 0) is 60.7 Å². The molecule has 2 aliphatic rings. The van der Waals surface area contributed by atoms with Gasteiger partial charge in [0, 0.05) is 75.1 Å². The van der Waals surface area contributed by atoms with Crippen molar-refractivity contribution in [1.82, 2.24) is 15.6 Å². The molecule has 0 unspecified atom stereocenters. The Morgan fingerprint density at radius 2 is 1.00 bits per heavy atom. The summed E-state index contributed by atoms with van der Waals surface area (Å²) in [5.41, 5.74) is 3.99. The van der Waals surface area contributed by atoms with Gasteiger partial charge >= 0.3 is 0 Å². The number of benzene rings is 2. The van der Waals surface area contributed by atoms with Crippen LogP contribution in [-0.4, -0.2) is 69.2 Å². The van der Waals surface area contributed by atoms with Crippen molar-refractivity contribution < 1.29 is 9.59 Å². The van der Waals surface area contributed by atoms with Crippen LogP contribution in [0.25, 0.3) is 0 Å². The van der Waals surface area contributed by atoms with Gasteiger partial charge in [-0.25, -0.2) is 4.98 Å². The highest BCUT2D eigenvalue weighted by molar-refractivity contribution is 6.06. The number of piperazine rings is 2. The Morgan fingerprint density at radius 3 is 1.39 bits per heavy atom. The number of nitrogens with zero attached hydrogens (tertiary/aromatic N) is 3. The Morgan fingerprint density at radius 1 is 0.611 bits per heavy atom. The van der Waals surface area contributed by atoms with Crippen molar-refractivity contribution >= 4 is 34.6 Å². The van der Waals surface area contributed by atoms with Gasteiger partial charge in [-0.2, -0.15) is 0 Å². The van der Waals surface area contributed by atoms with Gasteiger partial charge in [0.15, 0.2) is 0 Å². The minimum atomic E-state index is -0.361. The molecule has 186 valence electrons. The molecular formula is C27H31N7O2. The third kappa shape index (κ3) is 5.81. The summed E-state index contributed by atoms with van der Waals surface area (Å²) in [4.78, 5) is 34.5. The van der Waals surface area contributed by atoms with Crippen LogP contribution >= 0.6 is 0 Å². The molecule has 2 saturated heterocycles. The Balaban J connectivity index is 1.19. The fourth-order valence-electron chi connectivity index (χ4n) is 4.44. The molecule has 3 aromatic rings. The maximum Gasteiger partial charge on any atom is 0.274 e. The van der Waals surface area contributed by atoms with Crippen LogP contribution < -0.4 is 31.1 Å². The summed E-state index contributed by atoms with van der Waals surface area (Å²) in [7, 11) is 0. The van der Waals surface area contributed by atoms with Crippen LogP contribution in [0.2, 0.25) is 0 Å². The number of pyridine rings is 1. The molecule has 9 nitrogen and oxygen atoms in total. The zero-order valence-corrected chi connectivity index (χ0v) is 20.2. The van der Waals surface area contributed by atoms with Crippen LogP contribution in [0.15, 0.2) is 66.7 Å². The zero-order chi connectivity index (χ0) is 24.7. The molecule has 5 rings (SSSR count). The Kier molecular flexibility index (Phi) is 7.39. The van der Waals surface area contributed by atoms with Crippen LogP contribution in [0.3, 0.4) is 0 Å². The highest BCUT2D eigenvalue weighted by Gasteiger charge is 2.15. The molecule has 3 heterocycles. The van der Waals surface area contributed by atoms with E-state index in [1.165, 1.54) is 0 Å². The first-order chi connectivity index (χ1) is 17.7. The quantitative estimate of drug-likeness (QED) is 0.425. The van der Waals surface area contributed by atoms with E-state index in [-0.39, 0.29) is 23.2 Å². The first-order valence-electron chi connectivity index (χ1n) is 12.4. The summed E-state index contributed by atoms with van der Waals surface area (Å²) in [6, 6.07) is 20.4. The lowest BCUT2D eigenvalue weighted by molar-refractivity contribution is 0.101. The van der Waals surface area contributed by atoms with E-state index in [2.05, 4.69) is 36.1 Å². The number of nitrogens with one attached hydrogen (secondary N) is 4. The second kappa shape index (κ2) is 11.2. The molecule has 1 aromatic heterocycles. The molecule has 0 bridgehead atoms. The number of carbonyl (C=O) groups excluding carboxylic acids is 2. The summed E-state index contributed by atoms with van der Waals surface area (Å²) in [5, 5.41) is 12.4. The van der Waals surface area contributed by atoms with Crippen molar-refractivity contribution in [1.29, 1.82) is 0 Å². The molecule has 2 amide bonds. The third-order valence-electron chi connectivity index (χ3n) is 6.43. The lowest BCUT2D eigenvalue weighted by atomic mass is 10.2. The highest BCUT2D eigenvalue weighted by Crippen LogP contribution is 2.20. The average Bonchev–Trinajstić information content (AvgIpc) is 2.95. The van der Waals surface area contributed by atoms with Crippen LogP contribution in [0, 0.1) is 0 Å². The smallest absolute Gasteiger partial charge is 0.274 e. The summed E-state index contributed by atoms with van der Waals surface area (Å²) < 4.78 is 0. The maximum atomic E-state index is 12.8. The van der Waals surface area contributed by atoms with Gasteiger partial charge in [-0.15, -0.1) is 0 Å². The third-order valence-corrected chi connectivity index (χ3v) is 6.43. The molecule has 36 heavy (non-hydrogen) atoms. The van der Waals surface area contributed by atoms with Crippen molar-refractivity contribution in [3.05, 3.63) is 78.1 Å². The fraction of sp³-hybridized carbons (Fsp3) is 0.296. The van der Waals surface area contributed by atoms with Gasteiger partial charge in [0.25, 0.3) is 11.8 Å². The Labute approximate surface area is 210 Å². The van der Waals surface area contributed by atoms with Crippen molar-refractivity contribution in [3.63, 3.8) is 0 Å². The molecule has 4 N–H and O–H groups in total. The average molecular weight is 486 g/mol. The van der Waals surface area contributed by atoms with Crippen molar-refractivity contribution in [2.45, 2.75) is 0 Å². The summed E-state index contributed by atoms with van der Waals surface area (Å²) in [5.74, 6) is -0.722. The van der Waals surface area contributed by atoms with Crippen molar-refractivity contribution in [3.8, 4) is 0 Å². The van der Waals surface area contributed by atoms with Gasteiger partial charge in [0.1, 0.15) is 11.4 Å². The minimum absolute atomic E-state index is 0.183. The van der Waals surface area contributed by atoms with E-state index in [9.17, 15) is 9.59 Å². The van der Waals surface area contributed by atoms with Gasteiger partial charge in [0.2, 0.25) is 0 Å². The largest absolute Gasteiger partial charge is 0.369 e. The lowest BCUT2D eigenvalue weighted by Crippen LogP contribution is -2.43. The lowest BCUT2D eigenvalue weighted by Gasteiger charge is -2.29. The monoisotopic (exact) mass is 485 g/mol. The second-order valence-electron chi connectivity index (χ2n) is 8.88. The zero-order valence-electron chi connectivity index (χ0n) is 20.2. The highest BCUT2D eigenvalue weighted by atomic mass is 16.2. The number of amides is 2. The summed E-state index contributed by atoms with van der Waals surface area (Å²) in [6.45, 7) is 7.72. The van der Waals surface area contributed by atoms with Gasteiger partial charge < -0.3 is 31.1 Å². The van der Waals surface area contributed by atoms with Crippen LogP contribution in [-0.2, 0) is 0 Å². The topological polar surface area (TPSA) is 102 Å². The molecule has 2 fully saturated rings. The summed E-state index contributed by atoms with van der Waals surface area (Å²) >= 11 is 0. The van der Waals surface area contributed by atoms with Crippen LogP contribution in [0.5, 0.6) is 0 Å². The molecule has 0 spiro atoms. The molecule has 0 saturated carbocycles. The normalized spacial score (nSPS) is 15.9. The molecule has 2 aromatic carbocycles. The van der Waals surface area contributed by atoms with Gasteiger partial charge in [0.05, 0.1) is 0 Å². The Bertz CT molecular complexity index is 1090. The number of anilines is 4. The molecule has 0 atom stereocenters. The van der Waals surface area contributed by atoms with E-state index in [1.807, 2.05) is 48.5 Å². The number of hydrogen-bond donors (Lipinski definition) is 4. The second-order valence-corrected chi connectivity index (χ2v) is 8.88. The molecule has 9 heteroatoms. The predicted molar refractivity (Wildman–Crippen MR) is 143 cm³/mol. The van der Waals surface area contributed by atoms with Crippen LogP contribution in [0.4, 0.5) is 22.7 Å². The van der Waals surface area contributed by atoms with Crippen molar-refractivity contribution in [2.75, 3.05) is 72.8 Å². The number of hydrogen-bond acceptors (Lipinski definition) is 7. The van der Waals surface area contributed by atoms with E-state index >= 15 is 0 Å². The predicted octanol–water partition coefficient (Wildman–Crippen LogP) is 2.41. The maximum absolute atomic E-state index is 12.8. The van der Waals surface area contributed by atoms with E-state index in [4.69, 9.17) is 0 Å². The number of aromatic nitrogens is 1. The van der Waals surface area contributed by atoms with Gasteiger partial charge in [-0.1, -0.05) is 6.07 Å². The van der Waals surface area contributed by atoms with E-state index < -0.39 is 0 Å². The first-order valence-corrected chi connectivity index (χ1v) is 12.4.